The minimum absolute atomic E-state index is 0.00893. The topological polar surface area (TPSA) is 80.5 Å². The average molecular weight is 487 g/mol. The molecule has 4 aromatic rings. The van der Waals surface area contributed by atoms with Crippen LogP contribution in [0.5, 0.6) is 5.75 Å². The SMILES string of the molecule is CCc1cnc(N(CCCOc2ccc3c(c2)c(CC(=O)O)cn3C)Cc2ccc(C)cc2C)nc1. The highest BCUT2D eigenvalue weighted by molar-refractivity contribution is 5.88. The molecule has 0 fully saturated rings. The molecule has 0 spiro atoms. The van der Waals surface area contributed by atoms with Gasteiger partial charge in [-0.1, -0.05) is 30.7 Å². The van der Waals surface area contributed by atoms with Crippen molar-refractivity contribution in [3.63, 3.8) is 0 Å². The minimum atomic E-state index is -0.841. The minimum Gasteiger partial charge on any atom is -0.494 e. The second-order valence-electron chi connectivity index (χ2n) is 9.31. The van der Waals surface area contributed by atoms with Gasteiger partial charge in [-0.15, -0.1) is 0 Å². The summed E-state index contributed by atoms with van der Waals surface area (Å²) in [5, 5.41) is 10.1. The van der Waals surface area contributed by atoms with E-state index < -0.39 is 5.97 Å². The fourth-order valence-electron chi connectivity index (χ4n) is 4.46. The summed E-state index contributed by atoms with van der Waals surface area (Å²) in [6.45, 7) is 8.35. The van der Waals surface area contributed by atoms with Gasteiger partial charge in [0.1, 0.15) is 5.75 Å². The van der Waals surface area contributed by atoms with Crippen LogP contribution in [0, 0.1) is 13.8 Å². The Kier molecular flexibility index (Phi) is 7.88. The maximum atomic E-state index is 11.2. The summed E-state index contributed by atoms with van der Waals surface area (Å²) in [4.78, 5) is 22.7. The second kappa shape index (κ2) is 11.2. The number of hydrogen-bond acceptors (Lipinski definition) is 5. The first-order valence-corrected chi connectivity index (χ1v) is 12.4. The third-order valence-electron chi connectivity index (χ3n) is 6.47. The Morgan fingerprint density at radius 3 is 2.56 bits per heavy atom. The monoisotopic (exact) mass is 486 g/mol. The molecule has 4 rings (SSSR count). The van der Waals surface area contributed by atoms with Crippen molar-refractivity contribution < 1.29 is 14.6 Å². The molecule has 188 valence electrons. The number of fused-ring (bicyclic) bond motifs is 1. The largest absolute Gasteiger partial charge is 0.494 e. The summed E-state index contributed by atoms with van der Waals surface area (Å²) in [6.07, 6.45) is 7.36. The number of carboxylic acids is 1. The summed E-state index contributed by atoms with van der Waals surface area (Å²) >= 11 is 0. The van der Waals surface area contributed by atoms with E-state index in [9.17, 15) is 9.90 Å². The van der Waals surface area contributed by atoms with E-state index in [0.29, 0.717) is 6.61 Å². The van der Waals surface area contributed by atoms with E-state index >= 15 is 0 Å². The number of carboxylic acid groups (broad SMARTS) is 1. The number of hydrogen-bond donors (Lipinski definition) is 1. The normalized spacial score (nSPS) is 11.1. The Hall–Kier alpha value is -3.87. The summed E-state index contributed by atoms with van der Waals surface area (Å²) in [6, 6.07) is 12.4. The van der Waals surface area contributed by atoms with E-state index in [-0.39, 0.29) is 6.42 Å². The predicted octanol–water partition coefficient (Wildman–Crippen LogP) is 5.25. The smallest absolute Gasteiger partial charge is 0.307 e. The van der Waals surface area contributed by atoms with Crippen molar-refractivity contribution in [1.82, 2.24) is 14.5 Å². The van der Waals surface area contributed by atoms with Gasteiger partial charge in [-0.2, -0.15) is 0 Å². The molecule has 2 aromatic heterocycles. The summed E-state index contributed by atoms with van der Waals surface area (Å²) in [5.74, 6) is 0.618. The first-order valence-electron chi connectivity index (χ1n) is 12.4. The van der Waals surface area contributed by atoms with Crippen LogP contribution in [0.2, 0.25) is 0 Å². The van der Waals surface area contributed by atoms with Crippen LogP contribution in [-0.2, 0) is 31.2 Å². The van der Waals surface area contributed by atoms with Crippen molar-refractivity contribution in [1.29, 1.82) is 0 Å². The van der Waals surface area contributed by atoms with Crippen LogP contribution in [0.25, 0.3) is 10.9 Å². The van der Waals surface area contributed by atoms with E-state index in [4.69, 9.17) is 4.74 Å². The van der Waals surface area contributed by atoms with Crippen LogP contribution >= 0.6 is 0 Å². The lowest BCUT2D eigenvalue weighted by atomic mass is 10.1. The highest BCUT2D eigenvalue weighted by atomic mass is 16.5. The summed E-state index contributed by atoms with van der Waals surface area (Å²) in [5.41, 5.74) is 6.66. The van der Waals surface area contributed by atoms with Gasteiger partial charge in [0.15, 0.2) is 0 Å². The van der Waals surface area contributed by atoms with E-state index in [1.54, 1.807) is 0 Å². The van der Waals surface area contributed by atoms with Crippen molar-refractivity contribution in [3.8, 4) is 5.75 Å². The molecular weight excluding hydrogens is 452 g/mol. The van der Waals surface area contributed by atoms with Crippen LogP contribution in [0.1, 0.15) is 41.2 Å². The fraction of sp³-hybridized carbons (Fsp3) is 0.345. The molecule has 0 radical (unpaired) electrons. The molecular formula is C29H34N4O3. The maximum Gasteiger partial charge on any atom is 0.307 e. The van der Waals surface area contributed by atoms with Gasteiger partial charge in [0.25, 0.3) is 0 Å². The molecule has 0 aliphatic rings. The van der Waals surface area contributed by atoms with E-state index in [1.807, 2.05) is 48.4 Å². The number of aliphatic carboxylic acids is 1. The molecule has 1 N–H and O–H groups in total. The Bertz CT molecular complexity index is 1340. The quantitative estimate of drug-likeness (QED) is 0.292. The van der Waals surface area contributed by atoms with E-state index in [2.05, 4.69) is 53.8 Å². The Labute approximate surface area is 212 Å². The lowest BCUT2D eigenvalue weighted by Crippen LogP contribution is -2.27. The molecule has 7 nitrogen and oxygen atoms in total. The molecule has 0 amide bonds. The summed E-state index contributed by atoms with van der Waals surface area (Å²) in [7, 11) is 1.92. The standard InChI is InChI=1S/C29H34N4O3/c1-5-22-16-30-29(31-17-22)33(19-23-8-7-20(2)13-21(23)3)11-6-12-36-25-9-10-27-26(15-25)24(14-28(34)35)18-32(27)4/h7-10,13,15-18H,5-6,11-12,14,19H2,1-4H3,(H,34,35). The Morgan fingerprint density at radius 2 is 1.86 bits per heavy atom. The lowest BCUT2D eigenvalue weighted by Gasteiger charge is -2.24. The second-order valence-corrected chi connectivity index (χ2v) is 9.31. The average Bonchev–Trinajstić information content (AvgIpc) is 3.16. The molecule has 36 heavy (non-hydrogen) atoms. The highest BCUT2D eigenvalue weighted by Crippen LogP contribution is 2.26. The number of carbonyl (C=O) groups is 1. The van der Waals surface area contributed by atoms with Crippen LogP contribution in [0.3, 0.4) is 0 Å². The van der Waals surface area contributed by atoms with Crippen molar-refractivity contribution in [3.05, 3.63) is 82.8 Å². The number of anilines is 1. The van der Waals surface area contributed by atoms with Gasteiger partial charge in [0.05, 0.1) is 13.0 Å². The molecule has 0 unspecified atom stereocenters. The highest BCUT2D eigenvalue weighted by Gasteiger charge is 2.14. The molecule has 2 heterocycles. The van der Waals surface area contributed by atoms with Crippen LogP contribution in [0.15, 0.2) is 55.0 Å². The molecule has 7 heteroatoms. The zero-order chi connectivity index (χ0) is 25.7. The van der Waals surface area contributed by atoms with Gasteiger partial charge in [-0.05, 0) is 67.1 Å². The number of ether oxygens (including phenoxy) is 1. The first kappa shape index (κ1) is 25.2. The van der Waals surface area contributed by atoms with Crippen LogP contribution in [0.4, 0.5) is 5.95 Å². The predicted molar refractivity (Wildman–Crippen MR) is 143 cm³/mol. The third-order valence-corrected chi connectivity index (χ3v) is 6.47. The van der Waals surface area contributed by atoms with Crippen molar-refractivity contribution in [2.45, 2.75) is 46.6 Å². The first-order chi connectivity index (χ1) is 17.3. The molecule has 0 aliphatic carbocycles. The zero-order valence-corrected chi connectivity index (χ0v) is 21.5. The van der Waals surface area contributed by atoms with Crippen molar-refractivity contribution >= 4 is 22.8 Å². The van der Waals surface area contributed by atoms with Crippen molar-refractivity contribution in [2.24, 2.45) is 7.05 Å². The van der Waals surface area contributed by atoms with E-state index in [0.717, 1.165) is 59.7 Å². The van der Waals surface area contributed by atoms with Gasteiger partial charge in [-0.3, -0.25) is 4.79 Å². The molecule has 0 saturated heterocycles. The Morgan fingerprint density at radius 1 is 1.08 bits per heavy atom. The van der Waals surface area contributed by atoms with Gasteiger partial charge >= 0.3 is 5.97 Å². The Balaban J connectivity index is 1.44. The molecule has 2 aromatic carbocycles. The lowest BCUT2D eigenvalue weighted by molar-refractivity contribution is -0.136. The maximum absolute atomic E-state index is 11.2. The fourth-order valence-corrected chi connectivity index (χ4v) is 4.46. The van der Waals surface area contributed by atoms with Gasteiger partial charge < -0.3 is 19.3 Å². The third kappa shape index (κ3) is 6.03. The number of nitrogens with zero attached hydrogens (tertiary/aromatic N) is 4. The van der Waals surface area contributed by atoms with Gasteiger partial charge in [0, 0.05) is 49.6 Å². The molecule has 0 atom stereocenters. The van der Waals surface area contributed by atoms with Gasteiger partial charge in [0.2, 0.25) is 5.95 Å². The number of benzene rings is 2. The van der Waals surface area contributed by atoms with Crippen LogP contribution in [-0.4, -0.2) is 38.8 Å². The molecule has 0 bridgehead atoms. The number of aromatic nitrogens is 3. The summed E-state index contributed by atoms with van der Waals surface area (Å²) < 4.78 is 8.02. The molecule has 0 aliphatic heterocycles. The number of rotatable bonds is 11. The molecule has 0 saturated carbocycles. The van der Waals surface area contributed by atoms with Crippen LogP contribution < -0.4 is 9.64 Å². The number of aryl methyl sites for hydroxylation is 4. The van der Waals surface area contributed by atoms with Gasteiger partial charge in [-0.25, -0.2) is 9.97 Å². The zero-order valence-electron chi connectivity index (χ0n) is 21.5. The van der Waals surface area contributed by atoms with Crippen molar-refractivity contribution in [2.75, 3.05) is 18.1 Å². The van der Waals surface area contributed by atoms with E-state index in [1.165, 1.54) is 16.7 Å².